The molecular weight excluding hydrogens is 528 g/mol. The molecule has 2 heterocycles. The summed E-state index contributed by atoms with van der Waals surface area (Å²) in [6.07, 6.45) is 8.01. The molecule has 0 saturated carbocycles. The lowest BCUT2D eigenvalue weighted by Crippen LogP contribution is -2.33. The minimum Gasteiger partial charge on any atom is -0.465 e. The van der Waals surface area contributed by atoms with E-state index in [-0.39, 0.29) is 30.3 Å². The zero-order valence-electron chi connectivity index (χ0n) is 23.3. The van der Waals surface area contributed by atoms with E-state index in [9.17, 15) is 14.4 Å². The van der Waals surface area contributed by atoms with Crippen LogP contribution < -0.4 is 0 Å². The summed E-state index contributed by atoms with van der Waals surface area (Å²) >= 11 is 0. The Morgan fingerprint density at radius 1 is 0.900 bits per heavy atom. The number of rotatable bonds is 12. The van der Waals surface area contributed by atoms with Crippen LogP contribution in [0.15, 0.2) is 66.5 Å². The van der Waals surface area contributed by atoms with Gasteiger partial charge in [-0.3, -0.25) is 14.6 Å². The second-order valence-corrected chi connectivity index (χ2v) is 9.67. The van der Waals surface area contributed by atoms with E-state index in [0.29, 0.717) is 30.9 Å². The van der Waals surface area contributed by atoms with Crippen molar-refractivity contribution in [2.45, 2.75) is 59.0 Å². The maximum atomic E-state index is 13.5. The zero-order valence-corrected chi connectivity index (χ0v) is 24.2. The molecule has 40 heavy (non-hydrogen) atoms. The molecule has 0 atom stereocenters. The van der Waals surface area contributed by atoms with Crippen molar-refractivity contribution in [1.29, 1.82) is 0 Å². The van der Waals surface area contributed by atoms with Crippen LogP contribution in [-0.2, 0) is 29.0 Å². The van der Waals surface area contributed by atoms with E-state index < -0.39 is 0 Å². The van der Waals surface area contributed by atoms with Gasteiger partial charge >= 0.3 is 12.0 Å². The summed E-state index contributed by atoms with van der Waals surface area (Å²) in [4.78, 5) is 46.4. The number of imidazole rings is 1. The number of amides is 3. The minimum atomic E-state index is -0.381. The number of imide groups is 1. The average molecular weight is 565 g/mol. The number of unbranched alkanes of at least 4 members (excludes halogenated alkanes) is 2. The molecule has 1 aromatic heterocycles. The fraction of sp³-hybridized carbons (Fsp3) is 0.355. The van der Waals surface area contributed by atoms with Crippen molar-refractivity contribution >= 4 is 36.4 Å². The van der Waals surface area contributed by atoms with Gasteiger partial charge in [0.15, 0.2) is 0 Å². The van der Waals surface area contributed by atoms with Crippen LogP contribution in [0.25, 0.3) is 6.08 Å². The topological polar surface area (TPSA) is 84.7 Å². The third-order valence-electron chi connectivity index (χ3n) is 6.86. The summed E-state index contributed by atoms with van der Waals surface area (Å²) in [6, 6.07) is 16.7. The fourth-order valence-corrected chi connectivity index (χ4v) is 4.61. The van der Waals surface area contributed by atoms with Gasteiger partial charge in [0.2, 0.25) is 0 Å². The standard InChI is InChI=1S/C31H36N4O4.ClH/c1-4-6-13-28-32-20-26(34(28)21-24-14-16-25(17-15-24)30(37)39-3)19-27-29(36)33(18-7-5-2)31(38)35(27)22-23-11-9-8-10-12-23;/h8-12,14-17,19-20H,4-7,13,18,21-22H2,1-3H3;1H/b27-19-;. The number of carbonyl (C=O) groups excluding carboxylic acids is 3. The van der Waals surface area contributed by atoms with Crippen molar-refractivity contribution in [3.8, 4) is 0 Å². The number of hydrogen-bond acceptors (Lipinski definition) is 5. The van der Waals surface area contributed by atoms with Crippen molar-refractivity contribution in [3.63, 3.8) is 0 Å². The number of benzene rings is 2. The summed E-state index contributed by atoms with van der Waals surface area (Å²) < 4.78 is 6.90. The summed E-state index contributed by atoms with van der Waals surface area (Å²) in [6.45, 7) is 5.39. The van der Waals surface area contributed by atoms with E-state index in [4.69, 9.17) is 4.74 Å². The Morgan fingerprint density at radius 3 is 2.23 bits per heavy atom. The van der Waals surface area contributed by atoms with E-state index in [1.807, 2.05) is 49.4 Å². The molecule has 0 spiro atoms. The number of aryl methyl sites for hydroxylation is 1. The van der Waals surface area contributed by atoms with Gasteiger partial charge in [0.05, 0.1) is 31.1 Å². The lowest BCUT2D eigenvalue weighted by Gasteiger charge is -2.17. The van der Waals surface area contributed by atoms with Crippen LogP contribution in [0.5, 0.6) is 0 Å². The van der Waals surface area contributed by atoms with E-state index in [0.717, 1.165) is 54.7 Å². The molecule has 3 amide bonds. The van der Waals surface area contributed by atoms with Crippen molar-refractivity contribution < 1.29 is 19.1 Å². The van der Waals surface area contributed by atoms with Crippen LogP contribution in [0, 0.1) is 0 Å². The first-order valence-electron chi connectivity index (χ1n) is 13.6. The molecule has 1 fully saturated rings. The molecule has 3 aromatic rings. The summed E-state index contributed by atoms with van der Waals surface area (Å²) in [5.41, 5.74) is 3.52. The maximum absolute atomic E-state index is 13.5. The van der Waals surface area contributed by atoms with Gasteiger partial charge in [0, 0.05) is 19.5 Å². The second kappa shape index (κ2) is 14.5. The SMILES string of the molecule is CCCCc1ncc(/C=C2/C(=O)N(CCCC)C(=O)N2Cc2ccccc2)n1Cc1ccc(C(=O)OC)cc1.Cl. The van der Waals surface area contributed by atoms with E-state index in [2.05, 4.69) is 16.5 Å². The molecule has 212 valence electrons. The normalized spacial score (nSPS) is 14.1. The number of hydrogen-bond donors (Lipinski definition) is 0. The van der Waals surface area contributed by atoms with Gasteiger partial charge in [0.1, 0.15) is 11.5 Å². The first-order chi connectivity index (χ1) is 19.0. The van der Waals surface area contributed by atoms with Crippen molar-refractivity contribution in [3.05, 3.63) is 94.7 Å². The molecule has 0 bridgehead atoms. The highest BCUT2D eigenvalue weighted by Crippen LogP contribution is 2.27. The number of nitrogens with zero attached hydrogens (tertiary/aromatic N) is 4. The Kier molecular flexibility index (Phi) is 11.1. The quantitative estimate of drug-likeness (QED) is 0.151. The van der Waals surface area contributed by atoms with Gasteiger partial charge in [-0.2, -0.15) is 0 Å². The number of halogens is 1. The Morgan fingerprint density at radius 2 is 1.57 bits per heavy atom. The summed E-state index contributed by atoms with van der Waals surface area (Å²) in [5, 5.41) is 0. The maximum Gasteiger partial charge on any atom is 0.337 e. The average Bonchev–Trinajstić information content (AvgIpc) is 3.43. The van der Waals surface area contributed by atoms with Crippen LogP contribution >= 0.6 is 12.4 Å². The van der Waals surface area contributed by atoms with Gasteiger partial charge < -0.3 is 9.30 Å². The number of esters is 1. The Bertz CT molecular complexity index is 1340. The van der Waals surface area contributed by atoms with Crippen molar-refractivity contribution in [2.24, 2.45) is 0 Å². The minimum absolute atomic E-state index is 0. The first-order valence-corrected chi connectivity index (χ1v) is 13.6. The largest absolute Gasteiger partial charge is 0.465 e. The molecule has 1 aliphatic rings. The van der Waals surface area contributed by atoms with Gasteiger partial charge in [-0.1, -0.05) is 69.2 Å². The lowest BCUT2D eigenvalue weighted by molar-refractivity contribution is -0.123. The van der Waals surface area contributed by atoms with E-state index in [1.54, 1.807) is 29.3 Å². The van der Waals surface area contributed by atoms with Gasteiger partial charge in [-0.25, -0.2) is 14.6 Å². The predicted molar refractivity (Wildman–Crippen MR) is 157 cm³/mol. The van der Waals surface area contributed by atoms with E-state index in [1.165, 1.54) is 12.0 Å². The van der Waals surface area contributed by atoms with Crippen LogP contribution in [0.3, 0.4) is 0 Å². The molecule has 1 saturated heterocycles. The number of carbonyl (C=O) groups is 3. The number of aromatic nitrogens is 2. The molecule has 0 N–H and O–H groups in total. The third-order valence-corrected chi connectivity index (χ3v) is 6.86. The third kappa shape index (κ3) is 6.99. The summed E-state index contributed by atoms with van der Waals surface area (Å²) in [5.74, 6) is 0.249. The molecule has 8 nitrogen and oxygen atoms in total. The molecule has 4 rings (SSSR count). The fourth-order valence-electron chi connectivity index (χ4n) is 4.61. The van der Waals surface area contributed by atoms with Crippen LogP contribution in [0.2, 0.25) is 0 Å². The van der Waals surface area contributed by atoms with Crippen molar-refractivity contribution in [1.82, 2.24) is 19.4 Å². The molecule has 0 unspecified atom stereocenters. The smallest absolute Gasteiger partial charge is 0.337 e. The molecule has 1 aliphatic heterocycles. The zero-order chi connectivity index (χ0) is 27.8. The lowest BCUT2D eigenvalue weighted by atomic mass is 10.1. The number of methoxy groups -OCH3 is 1. The molecule has 0 radical (unpaired) electrons. The number of ether oxygens (including phenoxy) is 1. The Labute approximate surface area is 242 Å². The molecule has 9 heteroatoms. The monoisotopic (exact) mass is 564 g/mol. The highest BCUT2D eigenvalue weighted by atomic mass is 35.5. The summed E-state index contributed by atoms with van der Waals surface area (Å²) in [7, 11) is 1.36. The molecule has 2 aromatic carbocycles. The van der Waals surface area contributed by atoms with Crippen LogP contribution in [-0.4, -0.2) is 50.9 Å². The van der Waals surface area contributed by atoms with Gasteiger partial charge in [-0.05, 0) is 42.2 Å². The van der Waals surface area contributed by atoms with E-state index >= 15 is 0 Å². The van der Waals surface area contributed by atoms with Crippen LogP contribution in [0.4, 0.5) is 4.79 Å². The highest BCUT2D eigenvalue weighted by Gasteiger charge is 2.40. The van der Waals surface area contributed by atoms with Gasteiger partial charge in [0.25, 0.3) is 5.91 Å². The van der Waals surface area contributed by atoms with Crippen molar-refractivity contribution in [2.75, 3.05) is 13.7 Å². The highest BCUT2D eigenvalue weighted by molar-refractivity contribution is 6.13. The molecular formula is C31H37ClN4O4. The van der Waals surface area contributed by atoms with Gasteiger partial charge in [-0.15, -0.1) is 12.4 Å². The molecule has 0 aliphatic carbocycles. The number of urea groups is 1. The van der Waals surface area contributed by atoms with Crippen LogP contribution in [0.1, 0.15) is 72.5 Å². The Hall–Kier alpha value is -3.91. The predicted octanol–water partition coefficient (Wildman–Crippen LogP) is 6.09. The Balaban J connectivity index is 0.00000441. The first kappa shape index (κ1) is 30.6. The second-order valence-electron chi connectivity index (χ2n) is 9.67.